The van der Waals surface area contributed by atoms with Crippen molar-refractivity contribution in [2.24, 2.45) is 34.3 Å². The number of rotatable bonds is 0. The molecule has 1 fully saturated rings. The zero-order valence-corrected chi connectivity index (χ0v) is 13.6. The van der Waals surface area contributed by atoms with Crippen LogP contribution in [0.25, 0.3) is 0 Å². The van der Waals surface area contributed by atoms with E-state index in [-0.39, 0.29) is 10.8 Å². The Morgan fingerprint density at radius 3 is 2.73 bits per heavy atom. The van der Waals surface area contributed by atoms with Crippen LogP contribution in [0.1, 0.15) is 46.0 Å². The van der Waals surface area contributed by atoms with E-state index in [1.807, 2.05) is 6.08 Å². The number of fused-ring (bicyclic) bond motifs is 5. The summed E-state index contributed by atoms with van der Waals surface area (Å²) < 4.78 is 0. The van der Waals surface area contributed by atoms with Gasteiger partial charge in [0.25, 0.3) is 0 Å². The van der Waals surface area contributed by atoms with E-state index in [0.29, 0.717) is 29.9 Å². The Balaban J connectivity index is 1.71. The summed E-state index contributed by atoms with van der Waals surface area (Å²) in [4.78, 5) is 0. The lowest BCUT2D eigenvalue weighted by Crippen LogP contribution is -2.52. The first kappa shape index (κ1) is 14.5. The van der Waals surface area contributed by atoms with Gasteiger partial charge in [-0.05, 0) is 49.5 Å². The third-order valence-electron chi connectivity index (χ3n) is 7.29. The summed E-state index contributed by atoms with van der Waals surface area (Å²) >= 11 is 0. The van der Waals surface area contributed by atoms with Gasteiger partial charge in [0.05, 0.1) is 5.76 Å². The van der Waals surface area contributed by atoms with Gasteiger partial charge in [-0.15, -0.1) is 0 Å². The highest BCUT2D eigenvalue weighted by molar-refractivity contribution is 5.36. The van der Waals surface area contributed by atoms with Crippen molar-refractivity contribution in [3.05, 3.63) is 35.6 Å². The molecule has 0 spiro atoms. The minimum atomic E-state index is -0.936. The third kappa shape index (κ3) is 1.75. The van der Waals surface area contributed by atoms with Gasteiger partial charge in [-0.25, -0.2) is 5.73 Å². The van der Waals surface area contributed by atoms with Gasteiger partial charge >= 0.3 is 0 Å². The van der Waals surface area contributed by atoms with Crippen LogP contribution in [0.3, 0.4) is 0 Å². The van der Waals surface area contributed by atoms with Gasteiger partial charge in [0.2, 0.25) is 0 Å². The molecule has 0 aromatic carbocycles. The van der Waals surface area contributed by atoms with E-state index in [0.717, 1.165) is 25.7 Å². The molecule has 0 aliphatic heterocycles. The fourth-order valence-corrected chi connectivity index (χ4v) is 5.83. The van der Waals surface area contributed by atoms with Crippen LogP contribution in [-0.4, -0.2) is 10.8 Å². The molecule has 1 radical (unpaired) electrons. The van der Waals surface area contributed by atoms with E-state index in [1.165, 1.54) is 5.57 Å². The highest BCUT2D eigenvalue weighted by Crippen LogP contribution is 2.63. The minimum Gasteiger partial charge on any atom is -0.512 e. The maximum absolute atomic E-state index is 10.3. The minimum absolute atomic E-state index is 0.00566. The molecule has 119 valence electrons. The molecule has 0 bridgehead atoms. The lowest BCUT2D eigenvalue weighted by molar-refractivity contribution is -0.00947. The first-order chi connectivity index (χ1) is 10.3. The number of nitrogens with one attached hydrogen (secondary N) is 1. The predicted octanol–water partition coefficient (Wildman–Crippen LogP) is 3.71. The second kappa shape index (κ2) is 4.27. The smallest absolute Gasteiger partial charge is 0.102 e. The van der Waals surface area contributed by atoms with Crippen molar-refractivity contribution in [1.82, 2.24) is 5.73 Å². The Morgan fingerprint density at radius 2 is 1.95 bits per heavy atom. The lowest BCUT2D eigenvalue weighted by atomic mass is 9.49. The van der Waals surface area contributed by atoms with Gasteiger partial charge in [0.15, 0.2) is 0 Å². The SMILES string of the molecule is C[C@]12C=C[C@]([NH])(N)CC1=CCC1C2CC[C@]2(C)C(O)=CCC12. The van der Waals surface area contributed by atoms with E-state index in [2.05, 4.69) is 32.1 Å². The average molecular weight is 299 g/mol. The summed E-state index contributed by atoms with van der Waals surface area (Å²) in [5, 5.41) is 10.3. The number of aliphatic hydroxyl groups excluding tert-OH is 1. The van der Waals surface area contributed by atoms with Crippen LogP contribution in [0, 0.1) is 28.6 Å². The average Bonchev–Trinajstić information content (AvgIpc) is 2.76. The summed E-state index contributed by atoms with van der Waals surface area (Å²) in [6, 6.07) is 0. The molecule has 0 aromatic rings. The Bertz CT molecular complexity index is 603. The van der Waals surface area contributed by atoms with Crippen molar-refractivity contribution < 1.29 is 5.11 Å². The number of nitrogens with two attached hydrogens (primary N) is 1. The summed E-state index contributed by atoms with van der Waals surface area (Å²) in [7, 11) is 0. The summed E-state index contributed by atoms with van der Waals surface area (Å²) in [6.45, 7) is 4.59. The van der Waals surface area contributed by atoms with Crippen LogP contribution in [0.2, 0.25) is 0 Å². The molecule has 0 amide bonds. The fourth-order valence-electron chi connectivity index (χ4n) is 5.83. The Kier molecular flexibility index (Phi) is 2.82. The molecule has 22 heavy (non-hydrogen) atoms. The van der Waals surface area contributed by atoms with E-state index >= 15 is 0 Å². The second-order valence-electron chi connectivity index (χ2n) is 8.46. The molecule has 3 unspecified atom stereocenters. The van der Waals surface area contributed by atoms with Crippen molar-refractivity contribution in [2.45, 2.75) is 51.6 Å². The first-order valence-corrected chi connectivity index (χ1v) is 8.60. The molecule has 0 aromatic heterocycles. The maximum Gasteiger partial charge on any atom is 0.102 e. The summed E-state index contributed by atoms with van der Waals surface area (Å²) in [5.41, 5.74) is 14.7. The molecule has 0 saturated heterocycles. The van der Waals surface area contributed by atoms with Crippen LogP contribution >= 0.6 is 0 Å². The third-order valence-corrected chi connectivity index (χ3v) is 7.29. The molecule has 1 saturated carbocycles. The number of hydrogen-bond donors (Lipinski definition) is 2. The van der Waals surface area contributed by atoms with Gasteiger partial charge in [-0.3, -0.25) is 0 Å². The molecule has 4 aliphatic rings. The molecule has 0 heterocycles. The molecule has 3 nitrogen and oxygen atoms in total. The van der Waals surface area contributed by atoms with Crippen molar-refractivity contribution in [3.63, 3.8) is 0 Å². The molecule has 4 N–H and O–H groups in total. The van der Waals surface area contributed by atoms with Crippen LogP contribution < -0.4 is 11.5 Å². The van der Waals surface area contributed by atoms with Gasteiger partial charge in [-0.2, -0.15) is 0 Å². The highest BCUT2D eigenvalue weighted by Gasteiger charge is 2.56. The fraction of sp³-hybridized carbons (Fsp3) is 0.684. The van der Waals surface area contributed by atoms with E-state index in [9.17, 15) is 5.11 Å². The summed E-state index contributed by atoms with van der Waals surface area (Å²) in [6.07, 6.45) is 13.5. The van der Waals surface area contributed by atoms with E-state index < -0.39 is 5.66 Å². The van der Waals surface area contributed by atoms with Crippen LogP contribution in [0.5, 0.6) is 0 Å². The van der Waals surface area contributed by atoms with Gasteiger partial charge in [0.1, 0.15) is 5.66 Å². The highest BCUT2D eigenvalue weighted by atomic mass is 16.3. The van der Waals surface area contributed by atoms with Gasteiger partial charge < -0.3 is 10.8 Å². The van der Waals surface area contributed by atoms with Gasteiger partial charge in [-0.1, -0.05) is 37.6 Å². The standard InChI is InChI=1S/C19H27N2O/c1-17-9-10-19(20,21)11-12(17)3-4-13-14-5-6-16(22)18(14,2)8-7-15(13)17/h3,6,9-10,13-15,20,22H,4-5,7-8,11,21H2,1-2H3/t13?,14?,15?,17-,18-,19-/m0/s1. The maximum atomic E-state index is 10.3. The zero-order valence-electron chi connectivity index (χ0n) is 13.6. The quantitative estimate of drug-likeness (QED) is 0.669. The number of aliphatic hydroxyl groups is 1. The Labute approximate surface area is 133 Å². The van der Waals surface area contributed by atoms with Crippen molar-refractivity contribution in [3.8, 4) is 0 Å². The van der Waals surface area contributed by atoms with Crippen molar-refractivity contribution in [1.29, 1.82) is 0 Å². The lowest BCUT2D eigenvalue weighted by Gasteiger charge is -2.56. The summed E-state index contributed by atoms with van der Waals surface area (Å²) in [5.74, 6) is 2.45. The molecular formula is C19H27N2O. The zero-order chi connectivity index (χ0) is 15.8. The van der Waals surface area contributed by atoms with E-state index in [1.54, 1.807) is 0 Å². The normalized spacial score (nSPS) is 48.8. The molecule has 6 atom stereocenters. The second-order valence-corrected chi connectivity index (χ2v) is 8.46. The Morgan fingerprint density at radius 1 is 1.18 bits per heavy atom. The van der Waals surface area contributed by atoms with Crippen molar-refractivity contribution in [2.75, 3.05) is 0 Å². The first-order valence-electron chi connectivity index (χ1n) is 8.60. The van der Waals surface area contributed by atoms with E-state index in [4.69, 9.17) is 11.5 Å². The molecule has 3 heteroatoms. The Hall–Kier alpha value is -1.06. The molecule has 4 aliphatic carbocycles. The van der Waals surface area contributed by atoms with Crippen LogP contribution in [0.15, 0.2) is 35.6 Å². The predicted molar refractivity (Wildman–Crippen MR) is 87.7 cm³/mol. The van der Waals surface area contributed by atoms with Crippen LogP contribution in [-0.2, 0) is 0 Å². The number of allylic oxidation sites excluding steroid dienone is 4. The topological polar surface area (TPSA) is 70.0 Å². The van der Waals surface area contributed by atoms with Gasteiger partial charge in [0, 0.05) is 17.3 Å². The molecule has 4 rings (SSSR count). The monoisotopic (exact) mass is 299 g/mol. The largest absolute Gasteiger partial charge is 0.512 e. The van der Waals surface area contributed by atoms with Crippen molar-refractivity contribution >= 4 is 0 Å². The number of hydrogen-bond acceptors (Lipinski definition) is 2. The molecular weight excluding hydrogens is 272 g/mol. The van der Waals surface area contributed by atoms with Crippen LogP contribution in [0.4, 0.5) is 0 Å².